The summed E-state index contributed by atoms with van der Waals surface area (Å²) in [4.78, 5) is 8.89. The number of hydrogen-bond acceptors (Lipinski definition) is 3. The molecule has 0 unspecified atom stereocenters. The van der Waals surface area contributed by atoms with Crippen molar-refractivity contribution in [2.75, 3.05) is 7.11 Å². The first-order valence-corrected chi connectivity index (χ1v) is 1.32. The predicted octanol–water partition coefficient (Wildman–Crippen LogP) is -5.27. The molecule has 0 atom stereocenters. The van der Waals surface area contributed by atoms with Crippen LogP contribution in [0.1, 0.15) is 6.92 Å². The zero-order valence-corrected chi connectivity index (χ0v) is 8.28. The molecule has 0 aromatic rings. The molecule has 0 rings (SSSR count). The summed E-state index contributed by atoms with van der Waals surface area (Å²) in [5.41, 5.74) is 0. The van der Waals surface area contributed by atoms with Gasteiger partial charge in [-0.1, -0.05) is 0 Å². The number of carbonyl (C=O) groups excluding carboxylic acids is 1. The van der Waals surface area contributed by atoms with Crippen molar-refractivity contribution in [2.24, 2.45) is 0 Å². The van der Waals surface area contributed by atoms with Crippen LogP contribution in [0.2, 0.25) is 0 Å². The normalized spacial score (nSPS) is 3.88. The van der Waals surface area contributed by atoms with E-state index < -0.39 is 5.97 Å². The van der Waals surface area contributed by atoms with E-state index in [9.17, 15) is 0 Å². The van der Waals surface area contributed by atoms with Gasteiger partial charge in [-0.25, -0.2) is 0 Å². The first-order valence-electron chi connectivity index (χ1n) is 1.32. The molecule has 5 heteroatoms. The second-order valence-electron chi connectivity index (χ2n) is 0.492. The van der Waals surface area contributed by atoms with Crippen molar-refractivity contribution in [3.63, 3.8) is 0 Å². The third kappa shape index (κ3) is 273. The van der Waals surface area contributed by atoms with Crippen molar-refractivity contribution < 1.29 is 61.6 Å². The third-order valence-electron chi connectivity index (χ3n) is 0. The summed E-state index contributed by atoms with van der Waals surface area (Å²) >= 11 is 0. The van der Waals surface area contributed by atoms with Crippen molar-refractivity contribution >= 4 is 5.97 Å². The predicted molar refractivity (Wildman–Crippen MR) is 16.6 cm³/mol. The molecular formula is C3H6MnNaO3+. The molecule has 0 fully saturated rings. The van der Waals surface area contributed by atoms with Crippen LogP contribution in [0.5, 0.6) is 0 Å². The molecule has 0 aromatic carbocycles. The minimum Gasteiger partial charge on any atom is -0.857 e. The summed E-state index contributed by atoms with van der Waals surface area (Å²) in [6, 6.07) is 0. The van der Waals surface area contributed by atoms with Crippen LogP contribution in [0.3, 0.4) is 0 Å². The van der Waals surface area contributed by atoms with Gasteiger partial charge in [0, 0.05) is 5.97 Å². The number of carboxylic acid groups (broad SMARTS) is 1. The number of hydrogen-bond donors (Lipinski definition) is 0. The van der Waals surface area contributed by atoms with E-state index in [-0.39, 0.29) is 46.6 Å². The van der Waals surface area contributed by atoms with E-state index in [1.165, 1.54) is 0 Å². The standard InChI is InChI=1S/C2H4O2.CH3O.Mn.Na/c1-2(3)4;1-2;;/h1H3,(H,3,4);1H3;;/q;-1;+2;+1/p-1. The summed E-state index contributed by atoms with van der Waals surface area (Å²) in [5.74, 6) is -1.08. The Morgan fingerprint density at radius 3 is 1.38 bits per heavy atom. The summed E-state index contributed by atoms with van der Waals surface area (Å²) in [6.45, 7) is 0.972. The van der Waals surface area contributed by atoms with Gasteiger partial charge in [-0.3, -0.25) is 0 Å². The summed E-state index contributed by atoms with van der Waals surface area (Å²) < 4.78 is 0. The van der Waals surface area contributed by atoms with E-state index in [1.807, 2.05) is 0 Å². The summed E-state index contributed by atoms with van der Waals surface area (Å²) in [5, 5.41) is 17.1. The molecule has 1 radical (unpaired) electrons. The molecule has 0 aliphatic heterocycles. The molecule has 0 spiro atoms. The summed E-state index contributed by atoms with van der Waals surface area (Å²) in [7, 11) is 0.750. The van der Waals surface area contributed by atoms with Crippen LogP contribution in [-0.2, 0) is 21.9 Å². The van der Waals surface area contributed by atoms with Crippen molar-refractivity contribution in [3.05, 3.63) is 0 Å². The van der Waals surface area contributed by atoms with Crippen LogP contribution < -0.4 is 39.8 Å². The first-order chi connectivity index (χ1) is 2.73. The van der Waals surface area contributed by atoms with Gasteiger partial charge in [-0.05, 0) is 6.92 Å². The van der Waals surface area contributed by atoms with Gasteiger partial charge < -0.3 is 15.0 Å². The Labute approximate surface area is 81.2 Å². The Morgan fingerprint density at radius 1 is 1.38 bits per heavy atom. The molecule has 43 valence electrons. The molecule has 0 saturated carbocycles. The average Bonchev–Trinajstić information content (AvgIpc) is 1.41. The first kappa shape index (κ1) is 23.1. The molecule has 0 bridgehead atoms. The van der Waals surface area contributed by atoms with Crippen molar-refractivity contribution in [1.82, 2.24) is 0 Å². The molecule has 0 heterocycles. The Balaban J connectivity index is -0.0000000183. The van der Waals surface area contributed by atoms with E-state index in [0.29, 0.717) is 0 Å². The van der Waals surface area contributed by atoms with E-state index >= 15 is 0 Å². The molecule has 8 heavy (non-hydrogen) atoms. The molecular weight excluding hydrogens is 162 g/mol. The van der Waals surface area contributed by atoms with Gasteiger partial charge in [-0.2, -0.15) is 7.11 Å². The fourth-order valence-electron chi connectivity index (χ4n) is 0. The maximum Gasteiger partial charge on any atom is 2.00 e. The van der Waals surface area contributed by atoms with Gasteiger partial charge in [0.2, 0.25) is 0 Å². The van der Waals surface area contributed by atoms with E-state index in [2.05, 4.69) is 0 Å². The fraction of sp³-hybridized carbons (Fsp3) is 0.667. The molecule has 0 aliphatic rings. The molecule has 3 nitrogen and oxygen atoms in total. The second-order valence-corrected chi connectivity index (χ2v) is 0.492. The maximum absolute atomic E-state index is 8.89. The van der Waals surface area contributed by atoms with Crippen molar-refractivity contribution in [1.29, 1.82) is 0 Å². The fourth-order valence-corrected chi connectivity index (χ4v) is 0. The Bertz CT molecular complexity index is 37.5. The van der Waals surface area contributed by atoms with Crippen molar-refractivity contribution in [3.8, 4) is 0 Å². The van der Waals surface area contributed by atoms with Gasteiger partial charge in [0.25, 0.3) is 0 Å². The number of carbonyl (C=O) groups is 1. The zero-order chi connectivity index (χ0) is 5.58. The van der Waals surface area contributed by atoms with E-state index in [4.69, 9.17) is 15.0 Å². The molecule has 0 amide bonds. The largest absolute Gasteiger partial charge is 2.00 e. The van der Waals surface area contributed by atoms with Crippen LogP contribution in [0.25, 0.3) is 0 Å². The number of aliphatic carboxylic acids is 1. The number of carboxylic acids is 1. The van der Waals surface area contributed by atoms with E-state index in [1.54, 1.807) is 0 Å². The Morgan fingerprint density at radius 2 is 1.38 bits per heavy atom. The van der Waals surface area contributed by atoms with Gasteiger partial charge in [0.05, 0.1) is 0 Å². The minimum absolute atomic E-state index is 0. The Kier molecular flexibility index (Phi) is 71.0. The molecule has 0 saturated heterocycles. The SMILES string of the molecule is CC(=O)[O-].C[O-].[Mn+2].[Na+]. The summed E-state index contributed by atoms with van der Waals surface area (Å²) in [6.07, 6.45) is 0. The average molecular weight is 168 g/mol. The van der Waals surface area contributed by atoms with Crippen LogP contribution in [0.15, 0.2) is 0 Å². The van der Waals surface area contributed by atoms with Gasteiger partial charge in [0.1, 0.15) is 0 Å². The van der Waals surface area contributed by atoms with Crippen LogP contribution in [0, 0.1) is 0 Å². The van der Waals surface area contributed by atoms with Gasteiger partial charge >= 0.3 is 46.6 Å². The van der Waals surface area contributed by atoms with Crippen LogP contribution >= 0.6 is 0 Å². The topological polar surface area (TPSA) is 63.2 Å². The Hall–Kier alpha value is 0.949. The number of rotatable bonds is 0. The van der Waals surface area contributed by atoms with Gasteiger partial charge in [-0.15, -0.1) is 0 Å². The third-order valence-corrected chi connectivity index (χ3v) is 0. The van der Waals surface area contributed by atoms with Crippen LogP contribution in [0.4, 0.5) is 0 Å². The van der Waals surface area contributed by atoms with Crippen LogP contribution in [-0.4, -0.2) is 13.1 Å². The molecule has 0 aliphatic carbocycles. The quantitative estimate of drug-likeness (QED) is 0.339. The maximum atomic E-state index is 8.89. The van der Waals surface area contributed by atoms with Gasteiger partial charge in [0.15, 0.2) is 0 Å². The molecule has 0 aromatic heterocycles. The monoisotopic (exact) mass is 168 g/mol. The smallest absolute Gasteiger partial charge is 0.857 e. The zero-order valence-electron chi connectivity index (χ0n) is 5.10. The van der Waals surface area contributed by atoms with Crippen molar-refractivity contribution in [2.45, 2.75) is 6.92 Å². The molecule has 0 N–H and O–H groups in total. The second kappa shape index (κ2) is 24.6. The van der Waals surface area contributed by atoms with E-state index in [0.717, 1.165) is 14.0 Å². The minimum atomic E-state index is -1.08.